The first-order chi connectivity index (χ1) is 15.5. The highest BCUT2D eigenvalue weighted by molar-refractivity contribution is 6.11. The quantitative estimate of drug-likeness (QED) is 0.519. The Labute approximate surface area is 186 Å². The summed E-state index contributed by atoms with van der Waals surface area (Å²) in [5.41, 5.74) is 2.71. The molecule has 3 aromatic rings. The average Bonchev–Trinajstić information content (AvgIpc) is 3.64. The summed E-state index contributed by atoms with van der Waals surface area (Å²) in [5, 5.41) is 8.35. The van der Waals surface area contributed by atoms with Gasteiger partial charge in [0.25, 0.3) is 5.91 Å². The molecular formula is C25H24N4O3. The van der Waals surface area contributed by atoms with Gasteiger partial charge in [0.2, 0.25) is 5.91 Å². The molecule has 0 atom stereocenters. The lowest BCUT2D eigenvalue weighted by Gasteiger charge is -2.20. The first-order valence-corrected chi connectivity index (χ1v) is 10.4. The number of rotatable bonds is 6. The predicted octanol–water partition coefficient (Wildman–Crippen LogP) is 4.96. The van der Waals surface area contributed by atoms with Crippen LogP contribution in [0.2, 0.25) is 0 Å². The Morgan fingerprint density at radius 3 is 2.06 bits per heavy atom. The number of benzene rings is 3. The van der Waals surface area contributed by atoms with E-state index in [1.54, 1.807) is 72.6 Å². The van der Waals surface area contributed by atoms with Crippen molar-refractivity contribution in [2.45, 2.75) is 12.8 Å². The molecule has 3 aromatic carbocycles. The van der Waals surface area contributed by atoms with Crippen molar-refractivity contribution >= 4 is 40.6 Å². The smallest absolute Gasteiger partial charge is 0.322 e. The van der Waals surface area contributed by atoms with E-state index in [0.717, 1.165) is 12.8 Å². The largest absolute Gasteiger partial charge is 0.323 e. The minimum atomic E-state index is -0.384. The topological polar surface area (TPSA) is 90.5 Å². The number of hydrogen-bond acceptors (Lipinski definition) is 3. The number of nitrogens with one attached hydrogen (secondary N) is 3. The van der Waals surface area contributed by atoms with Gasteiger partial charge in [-0.05, 0) is 55.3 Å². The molecule has 0 spiro atoms. The first-order valence-electron chi connectivity index (χ1n) is 10.4. The Bertz CT molecular complexity index is 1140. The molecule has 1 fully saturated rings. The standard InChI is InChI=1S/C25H24N4O3/c1-29(24(31)17-14-15-17)22-13-6-5-12-21(22)23(30)26-19-10-7-11-20(16-19)28-25(32)27-18-8-3-2-4-9-18/h2-13,16-17H,14-15H2,1H3,(H,26,30)(H2,27,28,32). The van der Waals surface area contributed by atoms with Crippen LogP contribution in [0.15, 0.2) is 78.9 Å². The Balaban J connectivity index is 1.44. The van der Waals surface area contributed by atoms with E-state index >= 15 is 0 Å². The van der Waals surface area contributed by atoms with E-state index in [1.807, 2.05) is 18.2 Å². The fraction of sp³-hybridized carbons (Fsp3) is 0.160. The van der Waals surface area contributed by atoms with Gasteiger partial charge >= 0.3 is 6.03 Å². The Hall–Kier alpha value is -4.13. The number of carbonyl (C=O) groups is 3. The molecule has 0 bridgehead atoms. The number of hydrogen-bond donors (Lipinski definition) is 3. The monoisotopic (exact) mass is 428 g/mol. The van der Waals surface area contributed by atoms with Crippen molar-refractivity contribution in [2.24, 2.45) is 5.92 Å². The molecule has 1 aliphatic rings. The summed E-state index contributed by atoms with van der Waals surface area (Å²) in [6.45, 7) is 0. The van der Waals surface area contributed by atoms with E-state index in [2.05, 4.69) is 16.0 Å². The molecule has 1 saturated carbocycles. The van der Waals surface area contributed by atoms with Gasteiger partial charge in [0, 0.05) is 30.0 Å². The Kier molecular flexibility index (Phi) is 6.17. The van der Waals surface area contributed by atoms with Crippen LogP contribution in [0.25, 0.3) is 0 Å². The van der Waals surface area contributed by atoms with Gasteiger partial charge < -0.3 is 20.9 Å². The van der Waals surface area contributed by atoms with E-state index in [0.29, 0.717) is 28.3 Å². The summed E-state index contributed by atoms with van der Waals surface area (Å²) in [6, 6.07) is 22.6. The van der Waals surface area contributed by atoms with Crippen LogP contribution < -0.4 is 20.9 Å². The van der Waals surface area contributed by atoms with Crippen LogP contribution in [0, 0.1) is 5.92 Å². The number of para-hydroxylation sites is 2. The Morgan fingerprint density at radius 1 is 0.750 bits per heavy atom. The molecule has 0 radical (unpaired) electrons. The van der Waals surface area contributed by atoms with Gasteiger partial charge in [-0.1, -0.05) is 36.4 Å². The van der Waals surface area contributed by atoms with Crippen molar-refractivity contribution < 1.29 is 14.4 Å². The molecule has 0 saturated heterocycles. The van der Waals surface area contributed by atoms with Crippen molar-refractivity contribution in [1.82, 2.24) is 0 Å². The molecule has 7 heteroatoms. The zero-order valence-electron chi connectivity index (χ0n) is 17.7. The van der Waals surface area contributed by atoms with Gasteiger partial charge in [0.15, 0.2) is 0 Å². The molecule has 1 aliphatic carbocycles. The molecule has 162 valence electrons. The Morgan fingerprint density at radius 2 is 1.34 bits per heavy atom. The van der Waals surface area contributed by atoms with E-state index in [-0.39, 0.29) is 23.8 Å². The maximum Gasteiger partial charge on any atom is 0.323 e. The van der Waals surface area contributed by atoms with Crippen molar-refractivity contribution in [2.75, 3.05) is 27.9 Å². The summed E-state index contributed by atoms with van der Waals surface area (Å²) < 4.78 is 0. The normalized spacial score (nSPS) is 12.5. The van der Waals surface area contributed by atoms with Gasteiger partial charge in [-0.25, -0.2) is 4.79 Å². The van der Waals surface area contributed by atoms with E-state index in [9.17, 15) is 14.4 Å². The lowest BCUT2D eigenvalue weighted by molar-refractivity contribution is -0.119. The zero-order valence-corrected chi connectivity index (χ0v) is 17.7. The average molecular weight is 428 g/mol. The highest BCUT2D eigenvalue weighted by Gasteiger charge is 2.33. The summed E-state index contributed by atoms with van der Waals surface area (Å²) in [5.74, 6) is -0.247. The molecule has 3 N–H and O–H groups in total. The van der Waals surface area contributed by atoms with Gasteiger partial charge in [-0.15, -0.1) is 0 Å². The number of anilines is 4. The van der Waals surface area contributed by atoms with Crippen LogP contribution in [0.3, 0.4) is 0 Å². The zero-order chi connectivity index (χ0) is 22.5. The third-order valence-corrected chi connectivity index (χ3v) is 5.18. The van der Waals surface area contributed by atoms with Crippen molar-refractivity contribution in [1.29, 1.82) is 0 Å². The van der Waals surface area contributed by atoms with Crippen LogP contribution in [-0.2, 0) is 4.79 Å². The second-order valence-corrected chi connectivity index (χ2v) is 7.67. The minimum absolute atomic E-state index is 0.0286. The van der Waals surface area contributed by atoms with E-state index in [1.165, 1.54) is 0 Å². The summed E-state index contributed by atoms with van der Waals surface area (Å²) >= 11 is 0. The second kappa shape index (κ2) is 9.34. The number of amides is 4. The lowest BCUT2D eigenvalue weighted by Crippen LogP contribution is -2.29. The fourth-order valence-electron chi connectivity index (χ4n) is 3.37. The van der Waals surface area contributed by atoms with E-state index < -0.39 is 0 Å². The van der Waals surface area contributed by atoms with Crippen LogP contribution in [0.5, 0.6) is 0 Å². The molecule has 0 heterocycles. The third-order valence-electron chi connectivity index (χ3n) is 5.18. The fourth-order valence-corrected chi connectivity index (χ4v) is 3.37. The maximum atomic E-state index is 13.0. The third kappa shape index (κ3) is 5.13. The van der Waals surface area contributed by atoms with Crippen molar-refractivity contribution in [3.05, 3.63) is 84.4 Å². The number of urea groups is 1. The van der Waals surface area contributed by atoms with Crippen LogP contribution in [0.1, 0.15) is 23.2 Å². The molecule has 0 unspecified atom stereocenters. The number of carbonyl (C=O) groups excluding carboxylic acids is 3. The molecule has 32 heavy (non-hydrogen) atoms. The molecular weight excluding hydrogens is 404 g/mol. The SMILES string of the molecule is CN(C(=O)C1CC1)c1ccccc1C(=O)Nc1cccc(NC(=O)Nc2ccccc2)c1. The van der Waals surface area contributed by atoms with Crippen molar-refractivity contribution in [3.63, 3.8) is 0 Å². The van der Waals surface area contributed by atoms with Gasteiger partial charge in [-0.3, -0.25) is 9.59 Å². The van der Waals surface area contributed by atoms with Crippen LogP contribution >= 0.6 is 0 Å². The molecule has 7 nitrogen and oxygen atoms in total. The number of nitrogens with zero attached hydrogens (tertiary/aromatic N) is 1. The van der Waals surface area contributed by atoms with Crippen molar-refractivity contribution in [3.8, 4) is 0 Å². The van der Waals surface area contributed by atoms with Gasteiger partial charge in [0.1, 0.15) is 0 Å². The highest BCUT2D eigenvalue weighted by atomic mass is 16.2. The summed E-state index contributed by atoms with van der Waals surface area (Å²) in [4.78, 5) is 39.2. The van der Waals surface area contributed by atoms with Gasteiger partial charge in [-0.2, -0.15) is 0 Å². The summed E-state index contributed by atoms with van der Waals surface area (Å²) in [6.07, 6.45) is 1.80. The summed E-state index contributed by atoms with van der Waals surface area (Å²) in [7, 11) is 1.70. The molecule has 0 aromatic heterocycles. The molecule has 0 aliphatic heterocycles. The lowest BCUT2D eigenvalue weighted by atomic mass is 10.1. The molecule has 4 amide bonds. The highest BCUT2D eigenvalue weighted by Crippen LogP contribution is 2.33. The van der Waals surface area contributed by atoms with E-state index in [4.69, 9.17) is 0 Å². The van der Waals surface area contributed by atoms with Crippen LogP contribution in [-0.4, -0.2) is 24.9 Å². The predicted molar refractivity (Wildman–Crippen MR) is 126 cm³/mol. The first kappa shape index (κ1) is 21.1. The van der Waals surface area contributed by atoms with Gasteiger partial charge in [0.05, 0.1) is 11.3 Å². The minimum Gasteiger partial charge on any atom is -0.322 e. The second-order valence-electron chi connectivity index (χ2n) is 7.67. The van der Waals surface area contributed by atoms with Crippen LogP contribution in [0.4, 0.5) is 27.5 Å². The molecule has 4 rings (SSSR count). The maximum absolute atomic E-state index is 13.0.